The van der Waals surface area contributed by atoms with Gasteiger partial charge in [-0.3, -0.25) is 0 Å². The van der Waals surface area contributed by atoms with Crippen molar-refractivity contribution in [2.75, 3.05) is 9.80 Å². The van der Waals surface area contributed by atoms with Crippen LogP contribution in [0.15, 0.2) is 170 Å². The lowest BCUT2D eigenvalue weighted by Crippen LogP contribution is -2.15. The zero-order valence-electron chi connectivity index (χ0n) is 35.3. The Morgan fingerprint density at radius 3 is 1.07 bits per heavy atom. The molecule has 61 heavy (non-hydrogen) atoms. The molecule has 2 aliphatic heterocycles. The molecular weight excluding hydrogens is 765 g/mol. The van der Waals surface area contributed by atoms with Crippen LogP contribution in [0.2, 0.25) is 0 Å². The zero-order chi connectivity index (χ0) is 41.6. The molecule has 8 aromatic carbocycles. The van der Waals surface area contributed by atoms with Crippen molar-refractivity contribution in [1.82, 2.24) is 0 Å². The smallest absolute Gasteiger partial charge is 0.151 e. The molecule has 0 spiro atoms. The van der Waals surface area contributed by atoms with Gasteiger partial charge in [0.15, 0.2) is 23.0 Å². The van der Waals surface area contributed by atoms with E-state index in [-0.39, 0.29) is 10.8 Å². The Morgan fingerprint density at radius 1 is 0.377 bits per heavy atom. The number of hydrogen-bond acceptors (Lipinski definition) is 5. The van der Waals surface area contributed by atoms with Crippen molar-refractivity contribution in [3.8, 4) is 45.3 Å². The molecule has 0 unspecified atom stereocenters. The first-order valence-electron chi connectivity index (χ1n) is 21.1. The number of benzene rings is 8. The number of fused-ring (bicyclic) bond motifs is 7. The van der Waals surface area contributed by atoms with Crippen LogP contribution < -0.4 is 19.3 Å². The largest absolute Gasteiger partial charge is 0.453 e. The van der Waals surface area contributed by atoms with Gasteiger partial charge in [-0.1, -0.05) is 114 Å². The molecule has 0 bridgehead atoms. The lowest BCUT2D eigenvalue weighted by molar-refractivity contribution is 0.477. The van der Waals surface area contributed by atoms with Gasteiger partial charge in [0.2, 0.25) is 0 Å². The highest BCUT2D eigenvalue weighted by atomic mass is 32.1. The van der Waals surface area contributed by atoms with Crippen LogP contribution in [0.25, 0.3) is 42.4 Å². The van der Waals surface area contributed by atoms with Crippen LogP contribution in [0.4, 0.5) is 34.1 Å². The minimum Gasteiger partial charge on any atom is -0.453 e. The Labute approximate surface area is 361 Å². The molecule has 0 aliphatic carbocycles. The zero-order valence-corrected chi connectivity index (χ0v) is 36.1. The summed E-state index contributed by atoms with van der Waals surface area (Å²) < 4.78 is 15.4. The Hall–Kier alpha value is -6.82. The molecule has 0 radical (unpaired) electrons. The highest BCUT2D eigenvalue weighted by Crippen LogP contribution is 2.54. The molecule has 0 saturated heterocycles. The number of para-hydroxylation sites is 8. The van der Waals surface area contributed by atoms with E-state index >= 15 is 0 Å². The fourth-order valence-corrected chi connectivity index (χ4v) is 10.2. The van der Waals surface area contributed by atoms with Gasteiger partial charge in [-0.25, -0.2) is 0 Å². The first-order valence-corrected chi connectivity index (χ1v) is 21.9. The number of hydrogen-bond donors (Lipinski definition) is 0. The summed E-state index contributed by atoms with van der Waals surface area (Å²) in [6, 6.07) is 61.1. The van der Waals surface area contributed by atoms with Gasteiger partial charge in [0.25, 0.3) is 0 Å². The van der Waals surface area contributed by atoms with Crippen LogP contribution in [0, 0.1) is 0 Å². The molecule has 0 amide bonds. The third-order valence-electron chi connectivity index (χ3n) is 12.1. The van der Waals surface area contributed by atoms with Gasteiger partial charge < -0.3 is 19.3 Å². The van der Waals surface area contributed by atoms with E-state index in [0.29, 0.717) is 0 Å². The summed E-state index contributed by atoms with van der Waals surface area (Å²) in [5.74, 6) is 3.39. The van der Waals surface area contributed by atoms with E-state index in [2.05, 4.69) is 173 Å². The number of anilines is 6. The summed E-state index contributed by atoms with van der Waals surface area (Å²) >= 11 is 1.91. The second-order valence-electron chi connectivity index (χ2n) is 18.2. The molecule has 11 rings (SSSR count). The van der Waals surface area contributed by atoms with Gasteiger partial charge in [-0.15, -0.1) is 11.3 Å². The highest BCUT2D eigenvalue weighted by Gasteiger charge is 2.29. The third-order valence-corrected chi connectivity index (χ3v) is 13.4. The summed E-state index contributed by atoms with van der Waals surface area (Å²) in [5, 5.41) is 2.60. The maximum absolute atomic E-state index is 6.39. The van der Waals surface area contributed by atoms with E-state index in [1.54, 1.807) is 0 Å². The van der Waals surface area contributed by atoms with Crippen LogP contribution in [0.5, 0.6) is 23.0 Å². The van der Waals surface area contributed by atoms with E-state index < -0.39 is 0 Å². The summed E-state index contributed by atoms with van der Waals surface area (Å²) in [6.07, 6.45) is 0. The van der Waals surface area contributed by atoms with Gasteiger partial charge in [-0.2, -0.15) is 0 Å². The monoisotopic (exact) mass is 810 g/mol. The number of ether oxygens (including phenoxy) is 2. The van der Waals surface area contributed by atoms with Crippen LogP contribution in [-0.4, -0.2) is 0 Å². The molecular formula is C56H46N2O2S. The van der Waals surface area contributed by atoms with Crippen molar-refractivity contribution in [2.45, 2.75) is 52.4 Å². The minimum absolute atomic E-state index is 0.0690. The third kappa shape index (κ3) is 6.26. The maximum Gasteiger partial charge on any atom is 0.151 e. The van der Waals surface area contributed by atoms with Crippen LogP contribution in [0.3, 0.4) is 0 Å². The van der Waals surface area contributed by atoms with Crippen LogP contribution >= 0.6 is 11.3 Å². The SMILES string of the molecule is CC(C)(C)c1cc(-c2cccc(N3c4ccccc4Oc4ccccc43)c2)c2sc3c(-c4cccc(N5c6ccccc6Oc6ccccc65)c4)cc(C(C)(C)C)cc3c2c1. The summed E-state index contributed by atoms with van der Waals surface area (Å²) in [5.41, 5.74) is 13.7. The number of nitrogens with zero attached hydrogens (tertiary/aromatic N) is 2. The number of thiophene rings is 1. The predicted molar refractivity (Wildman–Crippen MR) is 257 cm³/mol. The van der Waals surface area contributed by atoms with Crippen molar-refractivity contribution >= 4 is 65.6 Å². The Balaban J connectivity index is 1.13. The Bertz CT molecular complexity index is 2900. The maximum atomic E-state index is 6.39. The van der Waals surface area contributed by atoms with Crippen LogP contribution in [-0.2, 0) is 10.8 Å². The van der Waals surface area contributed by atoms with E-state index in [1.807, 2.05) is 59.9 Å². The topological polar surface area (TPSA) is 24.9 Å². The summed E-state index contributed by atoms with van der Waals surface area (Å²) in [4.78, 5) is 4.67. The van der Waals surface area contributed by atoms with E-state index in [1.165, 1.54) is 53.6 Å². The average Bonchev–Trinajstić information content (AvgIpc) is 3.65. The molecule has 0 atom stereocenters. The fourth-order valence-electron chi connectivity index (χ4n) is 8.87. The van der Waals surface area contributed by atoms with E-state index in [4.69, 9.17) is 9.47 Å². The fraction of sp³-hybridized carbons (Fsp3) is 0.143. The molecule has 298 valence electrons. The standard InChI is InChI=1S/C56H46N2O2S/c1-55(2,3)37-31-41(35-17-15-19-39(29-35)57-45-21-7-11-25-49(45)59-50-26-12-8-22-46(50)57)53-43(33-37)44-34-38(56(4,5)6)32-42(54(44)61-53)36-18-16-20-40(30-36)58-47-23-9-13-27-51(47)60-52-28-14-10-24-48(52)58/h7-34H,1-6H3. The van der Waals surface area contributed by atoms with Crippen molar-refractivity contribution in [3.63, 3.8) is 0 Å². The van der Waals surface area contributed by atoms with Gasteiger partial charge in [0, 0.05) is 31.5 Å². The number of rotatable bonds is 4. The first-order chi connectivity index (χ1) is 29.5. The molecule has 4 nitrogen and oxygen atoms in total. The van der Waals surface area contributed by atoms with Crippen molar-refractivity contribution in [2.24, 2.45) is 0 Å². The molecule has 9 aromatic rings. The van der Waals surface area contributed by atoms with E-state index in [9.17, 15) is 0 Å². The van der Waals surface area contributed by atoms with Crippen molar-refractivity contribution in [1.29, 1.82) is 0 Å². The molecule has 0 N–H and O–H groups in total. The van der Waals surface area contributed by atoms with Crippen molar-refractivity contribution in [3.05, 3.63) is 181 Å². The summed E-state index contributed by atoms with van der Waals surface area (Å²) in [6.45, 7) is 13.9. The van der Waals surface area contributed by atoms with Gasteiger partial charge in [0.1, 0.15) is 0 Å². The van der Waals surface area contributed by atoms with Gasteiger partial charge in [0.05, 0.1) is 22.7 Å². The second kappa shape index (κ2) is 13.9. The van der Waals surface area contributed by atoms with Crippen molar-refractivity contribution < 1.29 is 9.47 Å². The first kappa shape index (κ1) is 37.2. The molecule has 3 heterocycles. The minimum atomic E-state index is -0.0690. The lowest BCUT2D eigenvalue weighted by Gasteiger charge is -2.33. The second-order valence-corrected chi connectivity index (χ2v) is 19.3. The van der Waals surface area contributed by atoms with Gasteiger partial charge >= 0.3 is 0 Å². The van der Waals surface area contributed by atoms with E-state index in [0.717, 1.165) is 57.1 Å². The average molecular weight is 811 g/mol. The molecule has 1 aromatic heterocycles. The Kier molecular flexibility index (Phi) is 8.46. The summed E-state index contributed by atoms with van der Waals surface area (Å²) in [7, 11) is 0. The Morgan fingerprint density at radius 2 is 0.721 bits per heavy atom. The molecule has 0 saturated carbocycles. The van der Waals surface area contributed by atoms with Gasteiger partial charge in [-0.05, 0) is 141 Å². The van der Waals surface area contributed by atoms with Crippen LogP contribution in [0.1, 0.15) is 52.7 Å². The molecule has 2 aliphatic rings. The molecule has 5 heteroatoms. The predicted octanol–water partition coefficient (Wildman–Crippen LogP) is 17.1. The quantitative estimate of drug-likeness (QED) is 0.177. The lowest BCUT2D eigenvalue weighted by atomic mass is 9.82. The molecule has 0 fully saturated rings. The normalized spacial score (nSPS) is 13.3. The highest BCUT2D eigenvalue weighted by molar-refractivity contribution is 7.26.